The van der Waals surface area contributed by atoms with Gasteiger partial charge in [0.25, 0.3) is 5.91 Å². The van der Waals surface area contributed by atoms with Gasteiger partial charge in [-0.3, -0.25) is 14.8 Å². The molecule has 0 bridgehead atoms. The van der Waals surface area contributed by atoms with E-state index in [1.807, 2.05) is 19.1 Å². The normalized spacial score (nSPS) is 19.4. The van der Waals surface area contributed by atoms with E-state index in [0.29, 0.717) is 10.4 Å². The number of carbonyl (C=O) groups is 2. The highest BCUT2D eigenvalue weighted by Gasteiger charge is 2.45. The lowest BCUT2D eigenvalue weighted by molar-refractivity contribution is -0.178. The first kappa shape index (κ1) is 28.3. The number of piperidine rings is 1. The molecule has 2 saturated heterocycles. The standard InChI is InChI=1S/C28H32ClN5O5S/c1-19-14-24(8-11-30-19)32-12-9-23(10-13-32)31(2)34-26(28(36)39-3)17-33(18-27(34)35)40(37,38)25-7-5-20-15-22(29)6-4-21(20)16-25/h4-8,11,14-16,23,26H,9-10,12-13,17-18H2,1-3H3. The smallest absolute Gasteiger partial charge is 0.331 e. The summed E-state index contributed by atoms with van der Waals surface area (Å²) in [5.41, 5.74) is 2.05. The van der Waals surface area contributed by atoms with E-state index >= 15 is 0 Å². The molecule has 5 rings (SSSR count). The molecule has 10 nitrogen and oxygen atoms in total. The number of pyridine rings is 1. The number of piperazine rings is 1. The first-order valence-corrected chi connectivity index (χ1v) is 14.9. The number of carbonyl (C=O) groups excluding carboxylic acids is 2. The number of hydrogen-bond acceptors (Lipinski definition) is 8. The number of benzene rings is 2. The van der Waals surface area contributed by atoms with Crippen LogP contribution in [0.25, 0.3) is 10.8 Å². The zero-order valence-electron chi connectivity index (χ0n) is 22.7. The molecule has 1 aromatic heterocycles. The Bertz CT molecular complexity index is 1540. The highest BCUT2D eigenvalue weighted by Crippen LogP contribution is 2.29. The number of methoxy groups -OCH3 is 1. The van der Waals surface area contributed by atoms with Crippen molar-refractivity contribution in [2.75, 3.05) is 45.2 Å². The Balaban J connectivity index is 1.34. The number of aryl methyl sites for hydroxylation is 1. The summed E-state index contributed by atoms with van der Waals surface area (Å²) in [5.74, 6) is -1.15. The van der Waals surface area contributed by atoms with Gasteiger partial charge in [-0.25, -0.2) is 18.2 Å². The molecule has 3 aromatic rings. The monoisotopic (exact) mass is 585 g/mol. The Kier molecular flexibility index (Phi) is 8.01. The molecule has 1 amide bonds. The first-order valence-electron chi connectivity index (χ1n) is 13.1. The summed E-state index contributed by atoms with van der Waals surface area (Å²) in [4.78, 5) is 33.0. The van der Waals surface area contributed by atoms with Crippen LogP contribution in [0.3, 0.4) is 0 Å². The van der Waals surface area contributed by atoms with Crippen molar-refractivity contribution in [3.8, 4) is 0 Å². The van der Waals surface area contributed by atoms with Crippen molar-refractivity contribution in [2.45, 2.75) is 36.7 Å². The van der Waals surface area contributed by atoms with E-state index in [0.717, 1.165) is 47.0 Å². The Morgan fingerprint density at radius 3 is 2.48 bits per heavy atom. The van der Waals surface area contributed by atoms with E-state index in [-0.39, 0.29) is 24.0 Å². The minimum atomic E-state index is -4.07. The zero-order valence-corrected chi connectivity index (χ0v) is 24.2. The second kappa shape index (κ2) is 11.3. The molecule has 2 aliphatic rings. The molecule has 0 radical (unpaired) electrons. The summed E-state index contributed by atoms with van der Waals surface area (Å²) < 4.78 is 33.3. The minimum absolute atomic E-state index is 0.00856. The number of halogens is 1. The minimum Gasteiger partial charge on any atom is -0.467 e. The number of anilines is 1. The van der Waals surface area contributed by atoms with Gasteiger partial charge in [-0.1, -0.05) is 23.7 Å². The van der Waals surface area contributed by atoms with Crippen molar-refractivity contribution in [1.29, 1.82) is 0 Å². The van der Waals surface area contributed by atoms with Crippen LogP contribution in [0.15, 0.2) is 59.6 Å². The number of nitrogens with zero attached hydrogens (tertiary/aromatic N) is 5. The fourth-order valence-electron chi connectivity index (χ4n) is 5.53. The second-order valence-corrected chi connectivity index (χ2v) is 12.5. The lowest BCUT2D eigenvalue weighted by Gasteiger charge is -2.47. The molecule has 0 N–H and O–H groups in total. The molecule has 212 valence electrons. The molecule has 0 spiro atoms. The third kappa shape index (κ3) is 5.51. The third-order valence-electron chi connectivity index (χ3n) is 7.70. The Morgan fingerprint density at radius 2 is 1.77 bits per heavy atom. The van der Waals surface area contributed by atoms with Gasteiger partial charge in [0.1, 0.15) is 0 Å². The predicted octanol–water partition coefficient (Wildman–Crippen LogP) is 3.09. The van der Waals surface area contributed by atoms with Gasteiger partial charge in [0.15, 0.2) is 6.04 Å². The van der Waals surface area contributed by atoms with Gasteiger partial charge in [-0.2, -0.15) is 4.31 Å². The molecule has 3 heterocycles. The van der Waals surface area contributed by atoms with Crippen LogP contribution in [0.1, 0.15) is 18.5 Å². The fraction of sp³-hybridized carbons (Fsp3) is 0.393. The number of rotatable bonds is 6. The van der Waals surface area contributed by atoms with Gasteiger partial charge >= 0.3 is 5.97 Å². The van der Waals surface area contributed by atoms with Gasteiger partial charge in [-0.05, 0) is 66.9 Å². The van der Waals surface area contributed by atoms with Crippen LogP contribution in [-0.4, -0.2) is 92.0 Å². The van der Waals surface area contributed by atoms with Crippen LogP contribution in [0.4, 0.5) is 5.69 Å². The molecule has 2 fully saturated rings. The van der Waals surface area contributed by atoms with Crippen LogP contribution < -0.4 is 4.90 Å². The Hall–Kier alpha value is -3.25. The zero-order chi connectivity index (χ0) is 28.6. The van der Waals surface area contributed by atoms with E-state index < -0.39 is 27.9 Å². The topological polar surface area (TPSA) is 103 Å². The van der Waals surface area contributed by atoms with Crippen molar-refractivity contribution in [2.24, 2.45) is 0 Å². The van der Waals surface area contributed by atoms with Crippen molar-refractivity contribution in [3.63, 3.8) is 0 Å². The SMILES string of the molecule is COC(=O)C1CN(S(=O)(=O)c2ccc3cc(Cl)ccc3c2)CC(=O)N1N(C)C1CCN(c2ccnc(C)c2)CC1. The predicted molar refractivity (Wildman–Crippen MR) is 152 cm³/mol. The second-order valence-electron chi connectivity index (χ2n) is 10.2. The number of hydrazine groups is 1. The number of fused-ring (bicyclic) bond motifs is 1. The van der Waals surface area contributed by atoms with E-state index in [1.165, 1.54) is 18.2 Å². The van der Waals surface area contributed by atoms with Crippen LogP contribution in [0.5, 0.6) is 0 Å². The summed E-state index contributed by atoms with van der Waals surface area (Å²) in [7, 11) is -1.05. The summed E-state index contributed by atoms with van der Waals surface area (Å²) in [6.45, 7) is 2.92. The quantitative estimate of drug-likeness (QED) is 0.407. The maximum absolute atomic E-state index is 13.6. The van der Waals surface area contributed by atoms with Gasteiger partial charge in [0.05, 0.1) is 18.6 Å². The molecular weight excluding hydrogens is 554 g/mol. The van der Waals surface area contributed by atoms with E-state index in [2.05, 4.69) is 9.88 Å². The Labute approximate surface area is 239 Å². The molecule has 0 aliphatic carbocycles. The van der Waals surface area contributed by atoms with E-state index in [9.17, 15) is 18.0 Å². The van der Waals surface area contributed by atoms with Gasteiger partial charge in [0, 0.05) is 55.3 Å². The number of aromatic nitrogens is 1. The van der Waals surface area contributed by atoms with Crippen LogP contribution >= 0.6 is 11.6 Å². The number of amides is 1. The molecule has 1 atom stereocenters. The average molecular weight is 586 g/mol. The lowest BCUT2D eigenvalue weighted by atomic mass is 10.0. The maximum atomic E-state index is 13.6. The summed E-state index contributed by atoms with van der Waals surface area (Å²) in [5, 5.41) is 5.23. The average Bonchev–Trinajstić information content (AvgIpc) is 2.95. The summed E-state index contributed by atoms with van der Waals surface area (Å²) >= 11 is 6.06. The summed E-state index contributed by atoms with van der Waals surface area (Å²) in [6, 6.07) is 12.8. The molecule has 2 aromatic carbocycles. The Morgan fingerprint density at radius 1 is 1.07 bits per heavy atom. The largest absolute Gasteiger partial charge is 0.467 e. The first-order chi connectivity index (χ1) is 19.1. The third-order valence-corrected chi connectivity index (χ3v) is 9.74. The number of esters is 1. The van der Waals surface area contributed by atoms with Gasteiger partial charge in [0.2, 0.25) is 10.0 Å². The maximum Gasteiger partial charge on any atom is 0.331 e. The number of hydrogen-bond donors (Lipinski definition) is 0. The van der Waals surface area contributed by atoms with Crippen LogP contribution in [-0.2, 0) is 24.3 Å². The van der Waals surface area contributed by atoms with E-state index in [1.54, 1.807) is 48.6 Å². The molecule has 2 aliphatic heterocycles. The molecule has 0 saturated carbocycles. The fourth-order valence-corrected chi connectivity index (χ4v) is 7.14. The van der Waals surface area contributed by atoms with Crippen molar-refractivity contribution >= 4 is 50.0 Å². The molecule has 40 heavy (non-hydrogen) atoms. The van der Waals surface area contributed by atoms with E-state index in [4.69, 9.17) is 16.3 Å². The highest BCUT2D eigenvalue weighted by molar-refractivity contribution is 7.89. The molecule has 1 unspecified atom stereocenters. The summed E-state index contributed by atoms with van der Waals surface area (Å²) in [6.07, 6.45) is 3.32. The van der Waals surface area contributed by atoms with Crippen molar-refractivity contribution in [3.05, 3.63) is 65.4 Å². The van der Waals surface area contributed by atoms with Gasteiger partial charge < -0.3 is 9.64 Å². The lowest BCUT2D eigenvalue weighted by Crippen LogP contribution is -2.66. The van der Waals surface area contributed by atoms with Crippen LogP contribution in [0, 0.1) is 6.92 Å². The molecule has 12 heteroatoms. The van der Waals surface area contributed by atoms with Crippen molar-refractivity contribution < 1.29 is 22.7 Å². The molecular formula is C28H32ClN5O5S. The van der Waals surface area contributed by atoms with Crippen molar-refractivity contribution in [1.82, 2.24) is 19.3 Å². The number of sulfonamides is 1. The highest BCUT2D eigenvalue weighted by atomic mass is 35.5. The number of ether oxygens (including phenoxy) is 1. The van der Waals surface area contributed by atoms with Gasteiger partial charge in [-0.15, -0.1) is 0 Å². The van der Waals surface area contributed by atoms with Crippen LogP contribution in [0.2, 0.25) is 5.02 Å².